The zero-order valence-electron chi connectivity index (χ0n) is 11.1. The summed E-state index contributed by atoms with van der Waals surface area (Å²) in [4.78, 5) is 0. The molecule has 1 aliphatic rings. The maximum Gasteiger partial charge on any atom is 0.163 e. The van der Waals surface area contributed by atoms with Gasteiger partial charge >= 0.3 is 0 Å². The molecule has 1 heterocycles. The normalized spacial score (nSPS) is 14.2. The molecule has 0 bridgehead atoms. The molecule has 1 aliphatic carbocycles. The fourth-order valence-electron chi connectivity index (χ4n) is 2.72. The third-order valence-electron chi connectivity index (χ3n) is 3.53. The lowest BCUT2D eigenvalue weighted by molar-refractivity contribution is 0.525. The average Bonchev–Trinajstić information content (AvgIpc) is 2.95. The first-order valence-electron chi connectivity index (χ1n) is 6.74. The fraction of sp³-hybridized carbons (Fsp3) is 0.467. The van der Waals surface area contributed by atoms with Crippen molar-refractivity contribution in [2.24, 2.45) is 5.92 Å². The summed E-state index contributed by atoms with van der Waals surface area (Å²) < 4.78 is 2.15. The summed E-state index contributed by atoms with van der Waals surface area (Å²) in [6.45, 7) is 5.40. The van der Waals surface area contributed by atoms with E-state index in [0.29, 0.717) is 5.92 Å². The first-order valence-corrected chi connectivity index (χ1v) is 6.74. The Bertz CT molecular complexity index is 555. The van der Waals surface area contributed by atoms with Crippen LogP contribution in [-0.4, -0.2) is 14.8 Å². The molecular weight excluding hydrogens is 222 g/mol. The maximum atomic E-state index is 4.28. The molecule has 0 N–H and O–H groups in total. The Morgan fingerprint density at radius 1 is 1.22 bits per heavy atom. The summed E-state index contributed by atoms with van der Waals surface area (Å²) in [5.41, 5.74) is 4.20. The van der Waals surface area contributed by atoms with E-state index in [9.17, 15) is 0 Å². The molecule has 0 unspecified atom stereocenters. The molecule has 0 radical (unpaired) electrons. The van der Waals surface area contributed by atoms with E-state index < -0.39 is 0 Å². The Balaban J connectivity index is 1.97. The van der Waals surface area contributed by atoms with Crippen LogP contribution >= 0.6 is 0 Å². The third-order valence-corrected chi connectivity index (χ3v) is 3.53. The van der Waals surface area contributed by atoms with E-state index in [1.165, 1.54) is 36.0 Å². The number of nitrogens with zero attached hydrogens (tertiary/aromatic N) is 3. The number of hydrogen-bond donors (Lipinski definition) is 0. The zero-order valence-corrected chi connectivity index (χ0v) is 11.1. The van der Waals surface area contributed by atoms with E-state index in [0.717, 1.165) is 12.4 Å². The lowest BCUT2D eigenvalue weighted by Crippen LogP contribution is -2.05. The summed E-state index contributed by atoms with van der Waals surface area (Å²) in [7, 11) is 0. The number of aromatic nitrogens is 3. The van der Waals surface area contributed by atoms with Crippen LogP contribution in [0.25, 0.3) is 11.4 Å². The molecule has 18 heavy (non-hydrogen) atoms. The van der Waals surface area contributed by atoms with Crippen LogP contribution in [0.4, 0.5) is 0 Å². The highest BCUT2D eigenvalue weighted by molar-refractivity contribution is 5.58. The second kappa shape index (κ2) is 4.56. The number of benzene rings is 1. The molecule has 2 aromatic rings. The molecule has 3 rings (SSSR count). The molecule has 0 saturated heterocycles. The van der Waals surface area contributed by atoms with E-state index in [2.05, 4.69) is 46.8 Å². The van der Waals surface area contributed by atoms with Crippen LogP contribution in [0, 0.1) is 5.92 Å². The number of fused-ring (bicyclic) bond motifs is 1. The van der Waals surface area contributed by atoms with Crippen LogP contribution in [0.5, 0.6) is 0 Å². The molecule has 0 aliphatic heterocycles. The quantitative estimate of drug-likeness (QED) is 0.826. The van der Waals surface area contributed by atoms with Gasteiger partial charge in [0.2, 0.25) is 0 Å². The van der Waals surface area contributed by atoms with Gasteiger partial charge < -0.3 is 4.57 Å². The van der Waals surface area contributed by atoms with Gasteiger partial charge in [-0.25, -0.2) is 0 Å². The van der Waals surface area contributed by atoms with Crippen LogP contribution < -0.4 is 0 Å². The SMILES string of the molecule is CC(C)Cn1cnnc1-c1ccc2c(c1)CCC2. The predicted octanol–water partition coefficient (Wildman–Crippen LogP) is 3.09. The summed E-state index contributed by atoms with van der Waals surface area (Å²) in [5, 5.41) is 8.34. The Morgan fingerprint density at radius 2 is 2.06 bits per heavy atom. The van der Waals surface area contributed by atoms with Crippen molar-refractivity contribution in [3.8, 4) is 11.4 Å². The number of hydrogen-bond acceptors (Lipinski definition) is 2. The van der Waals surface area contributed by atoms with Crippen molar-refractivity contribution in [3.05, 3.63) is 35.7 Å². The lowest BCUT2D eigenvalue weighted by Gasteiger charge is -2.10. The van der Waals surface area contributed by atoms with E-state index in [4.69, 9.17) is 0 Å². The summed E-state index contributed by atoms with van der Waals surface area (Å²) in [5.74, 6) is 1.60. The lowest BCUT2D eigenvalue weighted by atomic mass is 10.1. The Morgan fingerprint density at radius 3 is 2.89 bits per heavy atom. The molecule has 0 atom stereocenters. The molecule has 0 fully saturated rings. The van der Waals surface area contributed by atoms with Crippen molar-refractivity contribution in [1.29, 1.82) is 0 Å². The van der Waals surface area contributed by atoms with E-state index in [1.807, 2.05) is 6.33 Å². The molecule has 1 aromatic heterocycles. The van der Waals surface area contributed by atoms with Crippen molar-refractivity contribution in [2.45, 2.75) is 39.7 Å². The van der Waals surface area contributed by atoms with Crippen molar-refractivity contribution in [3.63, 3.8) is 0 Å². The van der Waals surface area contributed by atoms with Gasteiger partial charge in [-0.05, 0) is 42.4 Å². The summed E-state index contributed by atoms with van der Waals surface area (Å²) in [6.07, 6.45) is 5.57. The second-order valence-corrected chi connectivity index (χ2v) is 5.54. The molecule has 0 spiro atoms. The van der Waals surface area contributed by atoms with Crippen molar-refractivity contribution in [2.75, 3.05) is 0 Å². The fourth-order valence-corrected chi connectivity index (χ4v) is 2.72. The Kier molecular flexibility index (Phi) is 2.90. The van der Waals surface area contributed by atoms with Gasteiger partial charge in [-0.2, -0.15) is 0 Å². The monoisotopic (exact) mass is 241 g/mol. The van der Waals surface area contributed by atoms with Gasteiger partial charge in [0.25, 0.3) is 0 Å². The van der Waals surface area contributed by atoms with Crippen LogP contribution in [0.2, 0.25) is 0 Å². The van der Waals surface area contributed by atoms with Crippen LogP contribution in [0.15, 0.2) is 24.5 Å². The highest BCUT2D eigenvalue weighted by atomic mass is 15.3. The average molecular weight is 241 g/mol. The largest absolute Gasteiger partial charge is 0.313 e. The van der Waals surface area contributed by atoms with Crippen LogP contribution in [0.1, 0.15) is 31.4 Å². The highest BCUT2D eigenvalue weighted by Crippen LogP contribution is 2.27. The third kappa shape index (κ3) is 2.05. The molecule has 3 nitrogen and oxygen atoms in total. The number of rotatable bonds is 3. The minimum absolute atomic E-state index is 0.606. The smallest absolute Gasteiger partial charge is 0.163 e. The van der Waals surface area contributed by atoms with Crippen molar-refractivity contribution >= 4 is 0 Å². The van der Waals surface area contributed by atoms with Crippen molar-refractivity contribution < 1.29 is 0 Å². The first-order chi connectivity index (χ1) is 8.74. The van der Waals surface area contributed by atoms with Gasteiger partial charge in [-0.3, -0.25) is 0 Å². The molecule has 94 valence electrons. The van der Waals surface area contributed by atoms with Gasteiger partial charge in [0, 0.05) is 12.1 Å². The minimum Gasteiger partial charge on any atom is -0.313 e. The molecule has 0 amide bonds. The van der Waals surface area contributed by atoms with Gasteiger partial charge in [-0.15, -0.1) is 10.2 Å². The molecular formula is C15H19N3. The van der Waals surface area contributed by atoms with E-state index in [1.54, 1.807) is 0 Å². The minimum atomic E-state index is 0.606. The van der Waals surface area contributed by atoms with Gasteiger partial charge in [0.1, 0.15) is 6.33 Å². The maximum absolute atomic E-state index is 4.28. The van der Waals surface area contributed by atoms with Crippen LogP contribution in [0.3, 0.4) is 0 Å². The second-order valence-electron chi connectivity index (χ2n) is 5.54. The number of aryl methyl sites for hydroxylation is 2. The topological polar surface area (TPSA) is 30.7 Å². The standard InChI is InChI=1S/C15H19N3/c1-11(2)9-18-10-16-17-15(18)14-7-6-12-4-3-5-13(12)8-14/h6-8,10-11H,3-5,9H2,1-2H3. The van der Waals surface area contributed by atoms with Gasteiger partial charge in [0.05, 0.1) is 0 Å². The molecule has 0 saturated carbocycles. The molecule has 1 aromatic carbocycles. The highest BCUT2D eigenvalue weighted by Gasteiger charge is 2.14. The van der Waals surface area contributed by atoms with E-state index >= 15 is 0 Å². The molecule has 3 heteroatoms. The Labute approximate surface area is 108 Å². The zero-order chi connectivity index (χ0) is 12.5. The van der Waals surface area contributed by atoms with Gasteiger partial charge in [-0.1, -0.05) is 26.0 Å². The van der Waals surface area contributed by atoms with Crippen LogP contribution in [-0.2, 0) is 19.4 Å². The van der Waals surface area contributed by atoms with E-state index in [-0.39, 0.29) is 0 Å². The predicted molar refractivity (Wildman–Crippen MR) is 72.3 cm³/mol. The van der Waals surface area contributed by atoms with Gasteiger partial charge in [0.15, 0.2) is 5.82 Å². The van der Waals surface area contributed by atoms with Crippen molar-refractivity contribution in [1.82, 2.24) is 14.8 Å². The summed E-state index contributed by atoms with van der Waals surface area (Å²) in [6, 6.07) is 6.74. The first kappa shape index (κ1) is 11.5. The summed E-state index contributed by atoms with van der Waals surface area (Å²) >= 11 is 0. The Hall–Kier alpha value is -1.64.